The summed E-state index contributed by atoms with van der Waals surface area (Å²) in [5.74, 6) is 0.0245. The molecule has 0 aromatic rings. The van der Waals surface area contributed by atoms with Gasteiger partial charge in [0.15, 0.2) is 0 Å². The van der Waals surface area contributed by atoms with E-state index < -0.39 is 0 Å². The van der Waals surface area contributed by atoms with Gasteiger partial charge in [0.1, 0.15) is 0 Å². The third kappa shape index (κ3) is 10.1. The molecule has 3 N–H and O–H groups in total. The zero-order valence-corrected chi connectivity index (χ0v) is 11.9. The lowest BCUT2D eigenvalue weighted by atomic mass is 10.1. The number of ether oxygens (including phenoxy) is 1. The van der Waals surface area contributed by atoms with E-state index in [2.05, 4.69) is 19.2 Å². The van der Waals surface area contributed by atoms with E-state index in [9.17, 15) is 9.59 Å². The average molecular weight is 258 g/mol. The van der Waals surface area contributed by atoms with E-state index in [4.69, 9.17) is 10.5 Å². The minimum absolute atomic E-state index is 0.0718. The van der Waals surface area contributed by atoms with Crippen LogP contribution in [0.15, 0.2) is 0 Å². The van der Waals surface area contributed by atoms with Crippen LogP contribution in [0.2, 0.25) is 0 Å². The molecule has 0 fully saturated rings. The first-order valence-corrected chi connectivity index (χ1v) is 6.42. The normalized spacial score (nSPS) is 11.6. The van der Waals surface area contributed by atoms with Crippen LogP contribution in [0.4, 0.5) is 0 Å². The molecule has 0 saturated heterocycles. The van der Waals surface area contributed by atoms with Crippen LogP contribution in [0, 0.1) is 5.92 Å². The molecule has 0 aromatic heterocycles. The molecule has 0 saturated carbocycles. The Morgan fingerprint density at radius 2 is 1.89 bits per heavy atom. The van der Waals surface area contributed by atoms with Crippen LogP contribution in [-0.2, 0) is 14.3 Å². The zero-order valence-electron chi connectivity index (χ0n) is 11.9. The molecule has 106 valence electrons. The number of hydrogen-bond donors (Lipinski definition) is 2. The molecule has 0 unspecified atom stereocenters. The van der Waals surface area contributed by atoms with Crippen LogP contribution in [-0.4, -0.2) is 30.6 Å². The lowest BCUT2D eigenvalue weighted by molar-refractivity contribution is -0.123. The van der Waals surface area contributed by atoms with Crippen molar-refractivity contribution in [3.8, 4) is 0 Å². The molecule has 0 heterocycles. The molecule has 0 rings (SSSR count). The smallest absolute Gasteiger partial charge is 0.220 e. The van der Waals surface area contributed by atoms with Crippen LogP contribution in [0.5, 0.6) is 0 Å². The highest BCUT2D eigenvalue weighted by atomic mass is 16.5. The molecule has 2 amide bonds. The average Bonchev–Trinajstić information content (AvgIpc) is 2.24. The van der Waals surface area contributed by atoms with Crippen molar-refractivity contribution in [1.29, 1.82) is 0 Å². The van der Waals surface area contributed by atoms with E-state index in [1.54, 1.807) is 0 Å². The summed E-state index contributed by atoms with van der Waals surface area (Å²) < 4.78 is 5.70. The van der Waals surface area contributed by atoms with Crippen molar-refractivity contribution in [2.45, 2.75) is 52.6 Å². The summed E-state index contributed by atoms with van der Waals surface area (Å²) in [6, 6.07) is 0. The Labute approximate surface area is 109 Å². The van der Waals surface area contributed by atoms with E-state index in [0.717, 1.165) is 0 Å². The van der Waals surface area contributed by atoms with Gasteiger partial charge in [-0.05, 0) is 26.2 Å². The van der Waals surface area contributed by atoms with Crippen LogP contribution in [0.25, 0.3) is 0 Å². The molecule has 0 atom stereocenters. The van der Waals surface area contributed by atoms with Gasteiger partial charge in [-0.1, -0.05) is 13.8 Å². The fourth-order valence-corrected chi connectivity index (χ4v) is 1.27. The van der Waals surface area contributed by atoms with Crippen LogP contribution in [0.1, 0.15) is 47.0 Å². The Bertz CT molecular complexity index is 275. The van der Waals surface area contributed by atoms with Crippen LogP contribution >= 0.6 is 0 Å². The fourth-order valence-electron chi connectivity index (χ4n) is 1.27. The van der Waals surface area contributed by atoms with E-state index >= 15 is 0 Å². The Hall–Kier alpha value is -1.10. The van der Waals surface area contributed by atoms with E-state index in [1.165, 1.54) is 0 Å². The van der Waals surface area contributed by atoms with Gasteiger partial charge < -0.3 is 15.8 Å². The maximum atomic E-state index is 11.5. The summed E-state index contributed by atoms with van der Waals surface area (Å²) >= 11 is 0. The monoisotopic (exact) mass is 258 g/mol. The Morgan fingerprint density at radius 1 is 1.28 bits per heavy atom. The number of nitrogens with two attached hydrogens (primary N) is 1. The highest BCUT2D eigenvalue weighted by Gasteiger charge is 2.19. The molecule has 0 aliphatic rings. The second kappa shape index (κ2) is 8.08. The van der Waals surface area contributed by atoms with Gasteiger partial charge >= 0.3 is 0 Å². The van der Waals surface area contributed by atoms with E-state index in [0.29, 0.717) is 31.9 Å². The lowest BCUT2D eigenvalue weighted by Crippen LogP contribution is -2.41. The molecule has 0 bridgehead atoms. The number of carbonyl (C=O) groups is 2. The van der Waals surface area contributed by atoms with Crippen molar-refractivity contribution in [3.63, 3.8) is 0 Å². The third-order valence-corrected chi connectivity index (χ3v) is 2.35. The number of carbonyl (C=O) groups excluding carboxylic acids is 2. The van der Waals surface area contributed by atoms with Crippen molar-refractivity contribution in [2.24, 2.45) is 11.7 Å². The molecule has 18 heavy (non-hydrogen) atoms. The van der Waals surface area contributed by atoms with Crippen molar-refractivity contribution < 1.29 is 14.3 Å². The zero-order chi connectivity index (χ0) is 14.2. The first-order valence-electron chi connectivity index (χ1n) is 6.42. The number of rotatable bonds is 9. The second-order valence-electron chi connectivity index (χ2n) is 5.56. The Morgan fingerprint density at radius 3 is 2.39 bits per heavy atom. The number of amides is 2. The SMILES string of the molecule is CC(C)COC(C)(C)CNC(=O)CCCC(N)=O. The van der Waals surface area contributed by atoms with E-state index in [-0.39, 0.29) is 23.8 Å². The number of hydrogen-bond acceptors (Lipinski definition) is 3. The predicted octanol–water partition coefficient (Wildman–Crippen LogP) is 1.21. The standard InChI is InChI=1S/C13H26N2O3/c1-10(2)8-18-13(3,4)9-15-12(17)7-5-6-11(14)16/h10H,5-9H2,1-4H3,(H2,14,16)(H,15,17). The fraction of sp³-hybridized carbons (Fsp3) is 0.846. The van der Waals surface area contributed by atoms with Gasteiger partial charge in [0.05, 0.1) is 5.60 Å². The quantitative estimate of drug-likeness (QED) is 0.652. The number of nitrogens with one attached hydrogen (secondary N) is 1. The van der Waals surface area contributed by atoms with E-state index in [1.807, 2.05) is 13.8 Å². The summed E-state index contributed by atoms with van der Waals surface area (Å²) in [7, 11) is 0. The van der Waals surface area contributed by atoms with Gasteiger partial charge in [0.25, 0.3) is 0 Å². The first-order chi connectivity index (χ1) is 8.23. The minimum Gasteiger partial charge on any atom is -0.373 e. The summed E-state index contributed by atoms with van der Waals surface area (Å²) in [4.78, 5) is 22.0. The van der Waals surface area contributed by atoms with Gasteiger partial charge in [-0.25, -0.2) is 0 Å². The van der Waals surface area contributed by atoms with Gasteiger partial charge in [-0.3, -0.25) is 9.59 Å². The molecule has 0 radical (unpaired) electrons. The Kier molecular flexibility index (Phi) is 7.59. The van der Waals surface area contributed by atoms with Crippen molar-refractivity contribution >= 4 is 11.8 Å². The first kappa shape index (κ1) is 16.9. The molecule has 5 heteroatoms. The molecular formula is C13H26N2O3. The molecule has 0 spiro atoms. The lowest BCUT2D eigenvalue weighted by Gasteiger charge is -2.26. The van der Waals surface area contributed by atoms with Crippen LogP contribution < -0.4 is 11.1 Å². The minimum atomic E-state index is -0.372. The van der Waals surface area contributed by atoms with Crippen molar-refractivity contribution in [3.05, 3.63) is 0 Å². The maximum absolute atomic E-state index is 11.5. The van der Waals surface area contributed by atoms with Gasteiger partial charge in [-0.15, -0.1) is 0 Å². The molecule has 0 aliphatic heterocycles. The molecule has 5 nitrogen and oxygen atoms in total. The summed E-state index contributed by atoms with van der Waals surface area (Å²) in [6.45, 7) is 9.19. The summed E-state index contributed by atoms with van der Waals surface area (Å²) in [6.07, 6.45) is 1.07. The Balaban J connectivity index is 3.78. The van der Waals surface area contributed by atoms with Gasteiger partial charge in [0, 0.05) is 26.0 Å². The summed E-state index contributed by atoms with van der Waals surface area (Å²) in [5, 5.41) is 2.80. The van der Waals surface area contributed by atoms with Gasteiger partial charge in [-0.2, -0.15) is 0 Å². The second-order valence-corrected chi connectivity index (χ2v) is 5.56. The molecule has 0 aliphatic carbocycles. The summed E-state index contributed by atoms with van der Waals surface area (Å²) in [5.41, 5.74) is 4.63. The van der Waals surface area contributed by atoms with Crippen molar-refractivity contribution in [2.75, 3.05) is 13.2 Å². The third-order valence-electron chi connectivity index (χ3n) is 2.35. The highest BCUT2D eigenvalue weighted by Crippen LogP contribution is 2.10. The molecular weight excluding hydrogens is 232 g/mol. The number of primary amides is 1. The van der Waals surface area contributed by atoms with Crippen LogP contribution in [0.3, 0.4) is 0 Å². The predicted molar refractivity (Wildman–Crippen MR) is 70.9 cm³/mol. The largest absolute Gasteiger partial charge is 0.373 e. The topological polar surface area (TPSA) is 81.4 Å². The molecule has 0 aromatic carbocycles. The maximum Gasteiger partial charge on any atom is 0.220 e. The van der Waals surface area contributed by atoms with Crippen molar-refractivity contribution in [1.82, 2.24) is 5.32 Å². The van der Waals surface area contributed by atoms with Gasteiger partial charge in [0.2, 0.25) is 11.8 Å². The highest BCUT2D eigenvalue weighted by molar-refractivity contribution is 5.77.